The average Bonchev–Trinajstić information content (AvgIpc) is 3.13. The van der Waals surface area contributed by atoms with Crippen molar-refractivity contribution in [3.63, 3.8) is 0 Å². The van der Waals surface area contributed by atoms with Crippen LogP contribution in [0.3, 0.4) is 0 Å². The number of aromatic nitrogens is 2. The van der Waals surface area contributed by atoms with Crippen LogP contribution >= 0.6 is 12.2 Å². The lowest BCUT2D eigenvalue weighted by atomic mass is 10.0. The Labute approximate surface area is 171 Å². The maximum Gasteiger partial charge on any atom is 0.281 e. The topological polar surface area (TPSA) is 50.2 Å². The minimum Gasteiger partial charge on any atom is -0.327 e. The van der Waals surface area contributed by atoms with Crippen molar-refractivity contribution in [2.24, 2.45) is 7.05 Å². The summed E-state index contributed by atoms with van der Waals surface area (Å²) in [6, 6.07) is 10.2. The fourth-order valence-corrected chi connectivity index (χ4v) is 3.57. The molecule has 0 unspecified atom stereocenters. The van der Waals surface area contributed by atoms with Gasteiger partial charge in [0.1, 0.15) is 5.70 Å². The molecule has 1 aromatic carbocycles. The molecule has 0 atom stereocenters. The van der Waals surface area contributed by atoms with Gasteiger partial charge in [-0.2, -0.15) is 5.10 Å². The normalized spacial score (nSPS) is 16.2. The van der Waals surface area contributed by atoms with E-state index in [1.165, 1.54) is 4.90 Å². The molecule has 146 valence electrons. The first-order chi connectivity index (χ1) is 13.5. The van der Waals surface area contributed by atoms with Crippen LogP contribution in [0.1, 0.15) is 43.9 Å². The number of thiocarbonyl (C=S) groups is 1. The molecule has 1 saturated heterocycles. The van der Waals surface area contributed by atoms with Crippen molar-refractivity contribution in [2.75, 3.05) is 4.90 Å². The minimum absolute atomic E-state index is 0.143. The third kappa shape index (κ3) is 4.57. The van der Waals surface area contributed by atoms with E-state index in [1.807, 2.05) is 44.4 Å². The van der Waals surface area contributed by atoms with Gasteiger partial charge in [0.05, 0.1) is 11.4 Å². The van der Waals surface area contributed by atoms with Crippen molar-refractivity contribution in [3.8, 4) is 0 Å². The Hall–Kier alpha value is -2.73. The number of unbranched alkanes of at least 4 members (excludes halogenated alkanes) is 2. The lowest BCUT2D eigenvalue weighted by molar-refractivity contribution is -0.113. The highest BCUT2D eigenvalue weighted by Gasteiger charge is 2.33. The van der Waals surface area contributed by atoms with Gasteiger partial charge in [0.15, 0.2) is 5.11 Å². The molecule has 0 saturated carbocycles. The van der Waals surface area contributed by atoms with E-state index in [-0.39, 0.29) is 5.91 Å². The number of carbonyl (C=O) groups excluding carboxylic acids is 1. The number of nitrogens with one attached hydrogen (secondary N) is 1. The molecule has 2 heterocycles. The summed E-state index contributed by atoms with van der Waals surface area (Å²) < 4.78 is 1.69. The fourth-order valence-electron chi connectivity index (χ4n) is 3.27. The van der Waals surface area contributed by atoms with Gasteiger partial charge in [0.25, 0.3) is 5.91 Å². The number of hydrogen-bond donors (Lipinski definition) is 1. The van der Waals surface area contributed by atoms with Crippen molar-refractivity contribution < 1.29 is 4.79 Å². The molecular formula is C22H26N4OS. The van der Waals surface area contributed by atoms with Crippen LogP contribution < -0.4 is 10.2 Å². The Kier molecular flexibility index (Phi) is 6.41. The van der Waals surface area contributed by atoms with Gasteiger partial charge in [-0.3, -0.25) is 9.48 Å². The standard InChI is InChI=1S/C22H26N4OS/c1-4-5-7-12-18(13-17-10-8-6-9-11-17)14-19-21(27)26(22(28)23-19)20-15-25(3)24-16(20)2/h6,8-11,13-15H,4-5,7,12H2,1-3H3,(H,23,28)/b18-13-,19-14+. The van der Waals surface area contributed by atoms with Crippen molar-refractivity contribution in [3.05, 3.63) is 65.1 Å². The van der Waals surface area contributed by atoms with Crippen LogP contribution in [0.15, 0.2) is 53.9 Å². The molecule has 1 aromatic heterocycles. The highest BCUT2D eigenvalue weighted by molar-refractivity contribution is 7.80. The van der Waals surface area contributed by atoms with Crippen molar-refractivity contribution in [1.82, 2.24) is 15.1 Å². The SMILES string of the molecule is CCCCCC(=C/c1ccccc1)/C=C1/NC(=S)N(c2cn(C)nc2C)C1=O. The van der Waals surface area contributed by atoms with Crippen LogP contribution in [-0.4, -0.2) is 20.8 Å². The summed E-state index contributed by atoms with van der Waals surface area (Å²) in [5.41, 5.74) is 4.23. The molecule has 1 fully saturated rings. The number of benzene rings is 1. The van der Waals surface area contributed by atoms with Crippen LogP contribution in [0, 0.1) is 6.92 Å². The third-order valence-corrected chi connectivity index (χ3v) is 4.94. The molecule has 1 aliphatic rings. The van der Waals surface area contributed by atoms with Crippen LogP contribution in [0.5, 0.6) is 0 Å². The summed E-state index contributed by atoms with van der Waals surface area (Å²) in [5, 5.41) is 7.80. The van der Waals surface area contributed by atoms with E-state index >= 15 is 0 Å². The Balaban J connectivity index is 1.89. The van der Waals surface area contributed by atoms with E-state index in [4.69, 9.17) is 12.2 Å². The molecular weight excluding hydrogens is 368 g/mol. The van der Waals surface area contributed by atoms with E-state index in [0.29, 0.717) is 16.5 Å². The van der Waals surface area contributed by atoms with Gasteiger partial charge in [0, 0.05) is 13.2 Å². The molecule has 0 bridgehead atoms. The Morgan fingerprint density at radius 1 is 1.25 bits per heavy atom. The van der Waals surface area contributed by atoms with Gasteiger partial charge >= 0.3 is 0 Å². The number of aryl methyl sites for hydroxylation is 2. The fraction of sp³-hybridized carbons (Fsp3) is 0.318. The van der Waals surface area contributed by atoms with Crippen molar-refractivity contribution >= 4 is 35.0 Å². The summed E-state index contributed by atoms with van der Waals surface area (Å²) in [5.74, 6) is -0.143. The molecule has 0 radical (unpaired) electrons. The quantitative estimate of drug-likeness (QED) is 0.427. The monoisotopic (exact) mass is 394 g/mol. The smallest absolute Gasteiger partial charge is 0.281 e. The number of nitrogens with zero attached hydrogens (tertiary/aromatic N) is 3. The first-order valence-corrected chi connectivity index (χ1v) is 10.0. The summed E-state index contributed by atoms with van der Waals surface area (Å²) in [4.78, 5) is 14.6. The highest BCUT2D eigenvalue weighted by atomic mass is 32.1. The molecule has 2 aromatic rings. The predicted octanol–water partition coefficient (Wildman–Crippen LogP) is 4.50. The number of hydrogen-bond acceptors (Lipinski definition) is 3. The van der Waals surface area contributed by atoms with Crippen LogP contribution in [-0.2, 0) is 11.8 Å². The number of amides is 1. The lowest BCUT2D eigenvalue weighted by Gasteiger charge is -2.12. The van der Waals surface area contributed by atoms with E-state index in [9.17, 15) is 4.79 Å². The van der Waals surface area contributed by atoms with Crippen molar-refractivity contribution in [1.29, 1.82) is 0 Å². The molecule has 1 N–H and O–H groups in total. The van der Waals surface area contributed by atoms with Crippen LogP contribution in [0.25, 0.3) is 6.08 Å². The van der Waals surface area contributed by atoms with E-state index in [0.717, 1.165) is 42.5 Å². The summed E-state index contributed by atoms with van der Waals surface area (Å²) in [6.07, 6.45) is 10.2. The second-order valence-electron chi connectivity index (χ2n) is 6.99. The minimum atomic E-state index is -0.143. The van der Waals surface area contributed by atoms with Gasteiger partial charge in [0.2, 0.25) is 0 Å². The molecule has 28 heavy (non-hydrogen) atoms. The highest BCUT2D eigenvalue weighted by Crippen LogP contribution is 2.25. The number of anilines is 1. The molecule has 1 aliphatic heterocycles. The second-order valence-corrected chi connectivity index (χ2v) is 7.38. The zero-order valence-corrected chi connectivity index (χ0v) is 17.4. The summed E-state index contributed by atoms with van der Waals surface area (Å²) in [7, 11) is 1.83. The average molecular weight is 395 g/mol. The number of rotatable bonds is 7. The summed E-state index contributed by atoms with van der Waals surface area (Å²) >= 11 is 5.43. The van der Waals surface area contributed by atoms with Crippen LogP contribution in [0.2, 0.25) is 0 Å². The molecule has 0 spiro atoms. The molecule has 1 amide bonds. The van der Waals surface area contributed by atoms with Gasteiger partial charge in [-0.15, -0.1) is 0 Å². The van der Waals surface area contributed by atoms with Gasteiger partial charge < -0.3 is 5.32 Å². The maximum atomic E-state index is 13.0. The lowest BCUT2D eigenvalue weighted by Crippen LogP contribution is -2.30. The van der Waals surface area contributed by atoms with Gasteiger partial charge in [-0.05, 0) is 49.2 Å². The molecule has 0 aliphatic carbocycles. The van der Waals surface area contributed by atoms with E-state index < -0.39 is 0 Å². The molecule has 6 heteroatoms. The summed E-state index contributed by atoms with van der Waals surface area (Å²) in [6.45, 7) is 4.06. The van der Waals surface area contributed by atoms with Crippen LogP contribution in [0.4, 0.5) is 5.69 Å². The second kappa shape index (κ2) is 8.97. The third-order valence-electron chi connectivity index (χ3n) is 4.66. The Bertz CT molecular complexity index is 927. The van der Waals surface area contributed by atoms with E-state index in [1.54, 1.807) is 4.68 Å². The molecule has 5 nitrogen and oxygen atoms in total. The largest absolute Gasteiger partial charge is 0.327 e. The zero-order valence-electron chi connectivity index (χ0n) is 16.6. The first-order valence-electron chi connectivity index (χ1n) is 9.62. The Morgan fingerprint density at radius 2 is 2.00 bits per heavy atom. The number of allylic oxidation sites excluding steroid dienone is 2. The maximum absolute atomic E-state index is 13.0. The molecule has 3 rings (SSSR count). The predicted molar refractivity (Wildman–Crippen MR) is 118 cm³/mol. The zero-order chi connectivity index (χ0) is 20.1. The Morgan fingerprint density at radius 3 is 2.64 bits per heavy atom. The first kappa shape index (κ1) is 20.0. The van der Waals surface area contributed by atoms with Crippen molar-refractivity contribution in [2.45, 2.75) is 39.5 Å². The van der Waals surface area contributed by atoms with Gasteiger partial charge in [-0.1, -0.05) is 56.2 Å². The number of carbonyl (C=O) groups is 1. The van der Waals surface area contributed by atoms with E-state index in [2.05, 4.69) is 35.5 Å². The van der Waals surface area contributed by atoms with Gasteiger partial charge in [-0.25, -0.2) is 4.90 Å².